The Labute approximate surface area is 114 Å². The van der Waals surface area contributed by atoms with Gasteiger partial charge in [0.05, 0.1) is 25.0 Å². The van der Waals surface area contributed by atoms with E-state index in [9.17, 15) is 14.4 Å². The first kappa shape index (κ1) is 13.6. The number of hydrogen-bond acceptors (Lipinski definition) is 5. The number of imide groups is 1. The van der Waals surface area contributed by atoms with Crippen LogP contribution in [0.15, 0.2) is 18.2 Å². The molecule has 0 spiro atoms. The predicted octanol–water partition coefficient (Wildman–Crippen LogP) is 1.88. The highest BCUT2D eigenvalue weighted by Crippen LogP contribution is 2.23. The van der Waals surface area contributed by atoms with Gasteiger partial charge in [0.1, 0.15) is 5.75 Å². The summed E-state index contributed by atoms with van der Waals surface area (Å²) in [5.41, 5.74) is 1.35. The molecule has 1 saturated heterocycles. The number of ether oxygens (including phenoxy) is 1. The van der Waals surface area contributed by atoms with Crippen LogP contribution in [0, 0.1) is 6.92 Å². The number of aryl methyl sites for hydroxylation is 1. The van der Waals surface area contributed by atoms with Crippen LogP contribution < -0.4 is 4.74 Å². The van der Waals surface area contributed by atoms with Crippen molar-refractivity contribution < 1.29 is 19.1 Å². The summed E-state index contributed by atoms with van der Waals surface area (Å²) in [5, 5.41) is -0.371. The quantitative estimate of drug-likeness (QED) is 0.787. The van der Waals surface area contributed by atoms with Gasteiger partial charge in [0.2, 0.25) is 5.91 Å². The minimum absolute atomic E-state index is 0.108. The van der Waals surface area contributed by atoms with Crippen molar-refractivity contribution in [2.75, 3.05) is 19.4 Å². The van der Waals surface area contributed by atoms with Crippen molar-refractivity contribution in [1.82, 2.24) is 4.90 Å². The number of nitrogens with zero attached hydrogens (tertiary/aromatic N) is 1. The van der Waals surface area contributed by atoms with Gasteiger partial charge in [-0.25, -0.2) is 0 Å². The fourth-order valence-electron chi connectivity index (χ4n) is 1.79. The van der Waals surface area contributed by atoms with Crippen molar-refractivity contribution in [2.45, 2.75) is 6.92 Å². The number of amides is 2. The van der Waals surface area contributed by atoms with Gasteiger partial charge in [-0.15, -0.1) is 0 Å². The Kier molecular flexibility index (Phi) is 3.90. The van der Waals surface area contributed by atoms with Crippen LogP contribution in [0.2, 0.25) is 0 Å². The smallest absolute Gasteiger partial charge is 0.289 e. The standard InChI is InChI=1S/C13H13NO4S/c1-8-3-4-9(11(5-8)18-2)10(15)6-14-12(16)7-19-13(14)17/h3-5H,6-7H2,1-2H3. The van der Waals surface area contributed by atoms with Crippen LogP contribution >= 0.6 is 11.8 Å². The molecule has 2 rings (SSSR count). The summed E-state index contributed by atoms with van der Waals surface area (Å²) in [6.07, 6.45) is 0. The van der Waals surface area contributed by atoms with Crippen molar-refractivity contribution in [2.24, 2.45) is 0 Å². The van der Waals surface area contributed by atoms with E-state index in [-0.39, 0.29) is 29.2 Å². The van der Waals surface area contributed by atoms with E-state index in [1.54, 1.807) is 18.2 Å². The maximum Gasteiger partial charge on any atom is 0.289 e. The molecule has 0 bridgehead atoms. The number of carbonyl (C=O) groups is 3. The molecule has 1 aliphatic rings. The maximum absolute atomic E-state index is 12.1. The third-order valence-electron chi connectivity index (χ3n) is 2.80. The molecule has 1 aromatic rings. The molecule has 100 valence electrons. The van der Waals surface area contributed by atoms with Gasteiger partial charge >= 0.3 is 0 Å². The van der Waals surface area contributed by atoms with Crippen LogP contribution in [0.25, 0.3) is 0 Å². The van der Waals surface area contributed by atoms with Crippen molar-refractivity contribution in [3.63, 3.8) is 0 Å². The maximum atomic E-state index is 12.1. The summed E-state index contributed by atoms with van der Waals surface area (Å²) >= 11 is 0.917. The average molecular weight is 279 g/mol. The summed E-state index contributed by atoms with van der Waals surface area (Å²) in [7, 11) is 1.48. The molecule has 1 fully saturated rings. The molecule has 0 N–H and O–H groups in total. The molecule has 0 atom stereocenters. The molecule has 5 nitrogen and oxygen atoms in total. The van der Waals surface area contributed by atoms with Gasteiger partial charge in [0.25, 0.3) is 5.24 Å². The molecule has 1 aliphatic heterocycles. The molecule has 0 aromatic heterocycles. The lowest BCUT2D eigenvalue weighted by Gasteiger charge is -2.13. The van der Waals surface area contributed by atoms with E-state index in [4.69, 9.17) is 4.74 Å². The highest BCUT2D eigenvalue weighted by molar-refractivity contribution is 8.14. The molecule has 0 saturated carbocycles. The zero-order valence-electron chi connectivity index (χ0n) is 10.6. The third kappa shape index (κ3) is 2.78. The first-order valence-electron chi connectivity index (χ1n) is 5.68. The highest BCUT2D eigenvalue weighted by atomic mass is 32.2. The van der Waals surface area contributed by atoms with Gasteiger partial charge in [-0.3, -0.25) is 19.3 Å². The van der Waals surface area contributed by atoms with Crippen LogP contribution in [0.1, 0.15) is 15.9 Å². The lowest BCUT2D eigenvalue weighted by Crippen LogP contribution is -2.34. The summed E-state index contributed by atoms with van der Waals surface area (Å²) < 4.78 is 5.15. The van der Waals surface area contributed by atoms with Crippen molar-refractivity contribution in [1.29, 1.82) is 0 Å². The van der Waals surface area contributed by atoms with Gasteiger partial charge in [0.15, 0.2) is 5.78 Å². The predicted molar refractivity (Wildman–Crippen MR) is 71.6 cm³/mol. The average Bonchev–Trinajstić information content (AvgIpc) is 2.70. The van der Waals surface area contributed by atoms with E-state index >= 15 is 0 Å². The van der Waals surface area contributed by atoms with E-state index in [0.717, 1.165) is 22.2 Å². The molecule has 19 heavy (non-hydrogen) atoms. The van der Waals surface area contributed by atoms with E-state index in [1.807, 2.05) is 6.92 Å². The second-order valence-corrected chi connectivity index (χ2v) is 5.09. The normalized spacial score (nSPS) is 14.9. The number of Topliss-reactive ketones (excluding diaryl/α,β-unsaturated/α-hetero) is 1. The topological polar surface area (TPSA) is 63.7 Å². The van der Waals surface area contributed by atoms with Crippen molar-refractivity contribution in [3.05, 3.63) is 29.3 Å². The number of methoxy groups -OCH3 is 1. The molecular formula is C13H13NO4S. The van der Waals surface area contributed by atoms with Gasteiger partial charge < -0.3 is 4.74 Å². The van der Waals surface area contributed by atoms with Crippen molar-refractivity contribution in [3.8, 4) is 5.75 Å². The van der Waals surface area contributed by atoms with Gasteiger partial charge in [-0.05, 0) is 24.6 Å². The van der Waals surface area contributed by atoms with Gasteiger partial charge in [-0.1, -0.05) is 17.8 Å². The summed E-state index contributed by atoms with van der Waals surface area (Å²) in [4.78, 5) is 36.0. The molecule has 0 unspecified atom stereocenters. The Hall–Kier alpha value is -1.82. The summed E-state index contributed by atoms with van der Waals surface area (Å²) in [6.45, 7) is 1.66. The molecule has 1 aromatic carbocycles. The lowest BCUT2D eigenvalue weighted by molar-refractivity contribution is -0.124. The summed E-state index contributed by atoms with van der Waals surface area (Å²) in [5.74, 6) is -0.0656. The second kappa shape index (κ2) is 5.44. The number of carbonyl (C=O) groups excluding carboxylic acids is 3. The van der Waals surface area contributed by atoms with Gasteiger partial charge in [-0.2, -0.15) is 0 Å². The fourth-order valence-corrected chi connectivity index (χ4v) is 2.52. The minimum atomic E-state index is -0.371. The SMILES string of the molecule is COc1cc(C)ccc1C(=O)CN1C(=O)CSC1=O. The number of rotatable bonds is 4. The van der Waals surface area contributed by atoms with Crippen LogP contribution in [0.5, 0.6) is 5.75 Å². The first-order valence-corrected chi connectivity index (χ1v) is 6.66. The Morgan fingerprint density at radius 2 is 2.16 bits per heavy atom. The number of hydrogen-bond donors (Lipinski definition) is 0. The Morgan fingerprint density at radius 1 is 1.42 bits per heavy atom. The minimum Gasteiger partial charge on any atom is -0.496 e. The van der Waals surface area contributed by atoms with E-state index in [2.05, 4.69) is 0 Å². The zero-order valence-corrected chi connectivity index (χ0v) is 11.5. The first-order chi connectivity index (χ1) is 9.02. The molecular weight excluding hydrogens is 266 g/mol. The van der Waals surface area contributed by atoms with Gasteiger partial charge in [0, 0.05) is 0 Å². The number of ketones is 1. The second-order valence-electron chi connectivity index (χ2n) is 4.16. The van der Waals surface area contributed by atoms with E-state index in [0.29, 0.717) is 11.3 Å². The Balaban J connectivity index is 2.20. The zero-order chi connectivity index (χ0) is 14.0. The monoisotopic (exact) mass is 279 g/mol. The van der Waals surface area contributed by atoms with Crippen LogP contribution in [-0.2, 0) is 4.79 Å². The third-order valence-corrected chi connectivity index (χ3v) is 3.66. The number of thioether (sulfide) groups is 1. The molecule has 1 heterocycles. The highest BCUT2D eigenvalue weighted by Gasteiger charge is 2.32. The molecule has 0 radical (unpaired) electrons. The van der Waals surface area contributed by atoms with Crippen LogP contribution in [0.4, 0.5) is 4.79 Å². The Bertz CT molecular complexity index is 540. The van der Waals surface area contributed by atoms with Crippen molar-refractivity contribution >= 4 is 28.7 Å². The van der Waals surface area contributed by atoms with Crippen LogP contribution in [-0.4, -0.2) is 41.2 Å². The number of benzene rings is 1. The van der Waals surface area contributed by atoms with E-state index < -0.39 is 0 Å². The molecule has 6 heteroatoms. The van der Waals surface area contributed by atoms with Crippen LogP contribution in [0.3, 0.4) is 0 Å². The fraction of sp³-hybridized carbons (Fsp3) is 0.308. The van der Waals surface area contributed by atoms with E-state index in [1.165, 1.54) is 7.11 Å². The lowest BCUT2D eigenvalue weighted by atomic mass is 10.1. The molecule has 2 amide bonds. The molecule has 0 aliphatic carbocycles. The Morgan fingerprint density at radius 3 is 2.74 bits per heavy atom. The largest absolute Gasteiger partial charge is 0.496 e. The summed E-state index contributed by atoms with van der Waals surface area (Å²) in [6, 6.07) is 5.18.